The molecule has 0 heterocycles. The zero-order valence-electron chi connectivity index (χ0n) is 10.2. The SMILES string of the molecule is CCCC(CN)Nc1cc(C#N)ccc1[N+](=O)[O-]. The average molecular weight is 248 g/mol. The molecule has 1 atom stereocenters. The van der Waals surface area contributed by atoms with Crippen molar-refractivity contribution in [1.29, 1.82) is 5.26 Å². The van der Waals surface area contributed by atoms with Crippen LogP contribution in [0, 0.1) is 21.4 Å². The van der Waals surface area contributed by atoms with Gasteiger partial charge in [-0.2, -0.15) is 5.26 Å². The lowest BCUT2D eigenvalue weighted by molar-refractivity contribution is -0.384. The van der Waals surface area contributed by atoms with Gasteiger partial charge in [-0.15, -0.1) is 0 Å². The van der Waals surface area contributed by atoms with E-state index in [0.29, 0.717) is 17.8 Å². The number of nitriles is 1. The number of nitrogens with two attached hydrogens (primary N) is 1. The van der Waals surface area contributed by atoms with E-state index in [0.717, 1.165) is 12.8 Å². The lowest BCUT2D eigenvalue weighted by atomic mass is 10.1. The number of nitrogens with zero attached hydrogens (tertiary/aromatic N) is 2. The molecule has 0 amide bonds. The first-order valence-corrected chi connectivity index (χ1v) is 5.77. The predicted octanol–water partition coefficient (Wildman–Crippen LogP) is 2.01. The predicted molar refractivity (Wildman–Crippen MR) is 69.2 cm³/mol. The van der Waals surface area contributed by atoms with E-state index in [4.69, 9.17) is 11.0 Å². The highest BCUT2D eigenvalue weighted by atomic mass is 16.6. The smallest absolute Gasteiger partial charge is 0.292 e. The van der Waals surface area contributed by atoms with Gasteiger partial charge in [-0.3, -0.25) is 10.1 Å². The van der Waals surface area contributed by atoms with E-state index in [1.165, 1.54) is 18.2 Å². The van der Waals surface area contributed by atoms with Crippen LogP contribution in [0.15, 0.2) is 18.2 Å². The van der Waals surface area contributed by atoms with Crippen molar-refractivity contribution in [3.05, 3.63) is 33.9 Å². The fraction of sp³-hybridized carbons (Fsp3) is 0.417. The van der Waals surface area contributed by atoms with E-state index >= 15 is 0 Å². The van der Waals surface area contributed by atoms with Gasteiger partial charge < -0.3 is 11.1 Å². The molecule has 1 unspecified atom stereocenters. The van der Waals surface area contributed by atoms with Crippen LogP contribution in [-0.4, -0.2) is 17.5 Å². The molecule has 0 saturated heterocycles. The molecule has 18 heavy (non-hydrogen) atoms. The Bertz CT molecular complexity index is 468. The van der Waals surface area contributed by atoms with Crippen molar-refractivity contribution in [2.75, 3.05) is 11.9 Å². The Morgan fingerprint density at radius 3 is 2.83 bits per heavy atom. The fourth-order valence-electron chi connectivity index (χ4n) is 1.70. The number of nitro benzene ring substituents is 1. The summed E-state index contributed by atoms with van der Waals surface area (Å²) < 4.78 is 0. The van der Waals surface area contributed by atoms with E-state index in [9.17, 15) is 10.1 Å². The number of nitro groups is 1. The second-order valence-electron chi connectivity index (χ2n) is 3.97. The maximum atomic E-state index is 10.9. The molecule has 1 aromatic carbocycles. The van der Waals surface area contributed by atoms with Gasteiger partial charge in [0.15, 0.2) is 0 Å². The van der Waals surface area contributed by atoms with Gasteiger partial charge in [-0.25, -0.2) is 0 Å². The van der Waals surface area contributed by atoms with Gasteiger partial charge in [-0.1, -0.05) is 13.3 Å². The number of rotatable bonds is 6. The minimum absolute atomic E-state index is 0.0253. The Morgan fingerprint density at radius 2 is 2.33 bits per heavy atom. The van der Waals surface area contributed by atoms with Gasteiger partial charge >= 0.3 is 0 Å². The van der Waals surface area contributed by atoms with Gasteiger partial charge in [0.1, 0.15) is 5.69 Å². The number of hydrogen-bond donors (Lipinski definition) is 2. The van der Waals surface area contributed by atoms with Crippen LogP contribution in [0.1, 0.15) is 25.3 Å². The molecule has 6 nitrogen and oxygen atoms in total. The molecule has 0 aliphatic carbocycles. The lowest BCUT2D eigenvalue weighted by Gasteiger charge is -2.17. The van der Waals surface area contributed by atoms with Gasteiger partial charge in [0.25, 0.3) is 5.69 Å². The summed E-state index contributed by atoms with van der Waals surface area (Å²) in [6.07, 6.45) is 1.76. The molecular weight excluding hydrogens is 232 g/mol. The molecule has 0 aliphatic heterocycles. The van der Waals surface area contributed by atoms with Crippen LogP contribution < -0.4 is 11.1 Å². The van der Waals surface area contributed by atoms with Gasteiger partial charge in [-0.05, 0) is 18.6 Å². The van der Waals surface area contributed by atoms with Crippen LogP contribution in [-0.2, 0) is 0 Å². The van der Waals surface area contributed by atoms with Gasteiger partial charge in [0.05, 0.1) is 16.6 Å². The van der Waals surface area contributed by atoms with Crippen molar-refractivity contribution in [2.45, 2.75) is 25.8 Å². The van der Waals surface area contributed by atoms with Crippen molar-refractivity contribution < 1.29 is 4.92 Å². The van der Waals surface area contributed by atoms with Crippen LogP contribution in [0.4, 0.5) is 11.4 Å². The average Bonchev–Trinajstić information content (AvgIpc) is 2.37. The largest absolute Gasteiger partial charge is 0.375 e. The summed E-state index contributed by atoms with van der Waals surface area (Å²) in [5.41, 5.74) is 6.30. The number of benzene rings is 1. The maximum absolute atomic E-state index is 10.9. The quantitative estimate of drug-likeness (QED) is 0.591. The minimum atomic E-state index is -0.469. The molecule has 0 spiro atoms. The Balaban J connectivity index is 3.04. The molecule has 0 saturated carbocycles. The normalized spacial score (nSPS) is 11.6. The van der Waals surface area contributed by atoms with Gasteiger partial charge in [0, 0.05) is 18.7 Å². The topological polar surface area (TPSA) is 105 Å². The fourth-order valence-corrected chi connectivity index (χ4v) is 1.70. The first-order chi connectivity index (χ1) is 8.62. The monoisotopic (exact) mass is 248 g/mol. The number of anilines is 1. The third-order valence-electron chi connectivity index (χ3n) is 2.60. The summed E-state index contributed by atoms with van der Waals surface area (Å²) in [5.74, 6) is 0. The van der Waals surface area contributed by atoms with Crippen molar-refractivity contribution in [1.82, 2.24) is 0 Å². The summed E-state index contributed by atoms with van der Waals surface area (Å²) >= 11 is 0. The van der Waals surface area contributed by atoms with Crippen LogP contribution in [0.2, 0.25) is 0 Å². The van der Waals surface area contributed by atoms with Crippen molar-refractivity contribution in [3.8, 4) is 6.07 Å². The standard InChI is InChI=1S/C12H16N4O2/c1-2-3-10(8-14)15-11-6-9(7-13)4-5-12(11)16(17)18/h4-6,10,15H,2-3,8,14H2,1H3. The minimum Gasteiger partial charge on any atom is -0.375 e. The highest BCUT2D eigenvalue weighted by Crippen LogP contribution is 2.26. The third kappa shape index (κ3) is 3.43. The van der Waals surface area contributed by atoms with E-state index in [1.807, 2.05) is 13.0 Å². The first kappa shape index (κ1) is 13.9. The summed E-state index contributed by atoms with van der Waals surface area (Å²) in [7, 11) is 0. The summed E-state index contributed by atoms with van der Waals surface area (Å²) in [4.78, 5) is 10.4. The Labute approximate surface area is 106 Å². The van der Waals surface area contributed by atoms with Crippen molar-refractivity contribution >= 4 is 11.4 Å². The molecule has 0 bridgehead atoms. The second kappa shape index (κ2) is 6.57. The lowest BCUT2D eigenvalue weighted by Crippen LogP contribution is -2.28. The van der Waals surface area contributed by atoms with E-state index in [-0.39, 0.29) is 11.7 Å². The molecule has 0 fully saturated rings. The highest BCUT2D eigenvalue weighted by molar-refractivity contribution is 5.64. The zero-order chi connectivity index (χ0) is 13.5. The molecule has 3 N–H and O–H groups in total. The Hall–Kier alpha value is -2.13. The van der Waals surface area contributed by atoms with Crippen molar-refractivity contribution in [3.63, 3.8) is 0 Å². The van der Waals surface area contributed by atoms with E-state index in [2.05, 4.69) is 5.32 Å². The molecule has 6 heteroatoms. The maximum Gasteiger partial charge on any atom is 0.292 e. The van der Waals surface area contributed by atoms with E-state index in [1.54, 1.807) is 0 Å². The molecule has 0 aromatic heterocycles. The number of hydrogen-bond acceptors (Lipinski definition) is 5. The van der Waals surface area contributed by atoms with E-state index < -0.39 is 4.92 Å². The molecule has 1 rings (SSSR count). The molecular formula is C12H16N4O2. The second-order valence-corrected chi connectivity index (χ2v) is 3.97. The Morgan fingerprint density at radius 1 is 1.61 bits per heavy atom. The first-order valence-electron chi connectivity index (χ1n) is 5.77. The van der Waals surface area contributed by atoms with Crippen LogP contribution in [0.3, 0.4) is 0 Å². The number of nitrogens with one attached hydrogen (secondary N) is 1. The van der Waals surface area contributed by atoms with Crippen molar-refractivity contribution in [2.24, 2.45) is 5.73 Å². The van der Waals surface area contributed by atoms with Crippen LogP contribution >= 0.6 is 0 Å². The molecule has 0 radical (unpaired) electrons. The van der Waals surface area contributed by atoms with Gasteiger partial charge in [0.2, 0.25) is 0 Å². The molecule has 1 aromatic rings. The van der Waals surface area contributed by atoms with Crippen LogP contribution in [0.5, 0.6) is 0 Å². The summed E-state index contributed by atoms with van der Waals surface area (Å²) in [6.45, 7) is 2.41. The Kier molecular flexibility index (Phi) is 5.08. The summed E-state index contributed by atoms with van der Waals surface area (Å²) in [6, 6.07) is 6.19. The summed E-state index contributed by atoms with van der Waals surface area (Å²) in [5, 5.41) is 22.8. The molecule has 96 valence electrons. The highest BCUT2D eigenvalue weighted by Gasteiger charge is 2.16. The zero-order valence-corrected chi connectivity index (χ0v) is 10.2. The van der Waals surface area contributed by atoms with Crippen LogP contribution in [0.25, 0.3) is 0 Å². The third-order valence-corrected chi connectivity index (χ3v) is 2.60. The molecule has 0 aliphatic rings.